The highest BCUT2D eigenvalue weighted by Crippen LogP contribution is 2.27. The van der Waals surface area contributed by atoms with Crippen molar-refractivity contribution in [1.82, 2.24) is 0 Å². The van der Waals surface area contributed by atoms with Crippen molar-refractivity contribution in [3.05, 3.63) is 65.7 Å². The fourth-order valence-corrected chi connectivity index (χ4v) is 2.90. The minimum Gasteiger partial charge on any atom is -0.326 e. The SMILES string of the molecule is CC1(C)Cc2ccccc2C(CC(=O)Nc2ccccc2)=N1. The van der Waals surface area contributed by atoms with E-state index in [-0.39, 0.29) is 11.4 Å². The first-order chi connectivity index (χ1) is 10.5. The van der Waals surface area contributed by atoms with E-state index >= 15 is 0 Å². The summed E-state index contributed by atoms with van der Waals surface area (Å²) >= 11 is 0. The standard InChI is InChI=1S/C19H20N2O/c1-19(2)13-14-8-6-7-11-16(14)17(21-19)12-18(22)20-15-9-4-3-5-10-15/h3-11H,12-13H2,1-2H3,(H,20,22). The maximum Gasteiger partial charge on any atom is 0.230 e. The molecule has 0 radical (unpaired) electrons. The van der Waals surface area contributed by atoms with Crippen LogP contribution in [-0.2, 0) is 11.2 Å². The summed E-state index contributed by atoms with van der Waals surface area (Å²) in [5.74, 6) is -0.0301. The largest absolute Gasteiger partial charge is 0.326 e. The monoisotopic (exact) mass is 292 g/mol. The van der Waals surface area contributed by atoms with Gasteiger partial charge in [0.25, 0.3) is 0 Å². The third-order valence-electron chi connectivity index (χ3n) is 3.77. The molecule has 1 aliphatic rings. The second kappa shape index (κ2) is 5.76. The average molecular weight is 292 g/mol. The van der Waals surface area contributed by atoms with Crippen LogP contribution in [0, 0.1) is 0 Å². The van der Waals surface area contributed by atoms with Gasteiger partial charge in [0.1, 0.15) is 0 Å². The molecule has 0 spiro atoms. The highest BCUT2D eigenvalue weighted by Gasteiger charge is 2.27. The third kappa shape index (κ3) is 3.25. The first-order valence-corrected chi connectivity index (χ1v) is 7.55. The quantitative estimate of drug-likeness (QED) is 0.917. The lowest BCUT2D eigenvalue weighted by atomic mass is 9.86. The van der Waals surface area contributed by atoms with Gasteiger partial charge in [-0.15, -0.1) is 0 Å². The van der Waals surface area contributed by atoms with Crippen molar-refractivity contribution in [3.8, 4) is 0 Å². The molecular weight excluding hydrogens is 272 g/mol. The van der Waals surface area contributed by atoms with Crippen LogP contribution in [0.3, 0.4) is 0 Å². The molecule has 1 N–H and O–H groups in total. The van der Waals surface area contributed by atoms with Crippen LogP contribution in [0.15, 0.2) is 59.6 Å². The number of hydrogen-bond donors (Lipinski definition) is 1. The molecule has 0 fully saturated rings. The first-order valence-electron chi connectivity index (χ1n) is 7.55. The second-order valence-electron chi connectivity index (χ2n) is 6.30. The Hall–Kier alpha value is -2.42. The van der Waals surface area contributed by atoms with E-state index < -0.39 is 0 Å². The molecule has 3 nitrogen and oxygen atoms in total. The predicted octanol–water partition coefficient (Wildman–Crippen LogP) is 3.84. The highest BCUT2D eigenvalue weighted by molar-refractivity contribution is 6.14. The Morgan fingerprint density at radius 3 is 2.55 bits per heavy atom. The van der Waals surface area contributed by atoms with Gasteiger partial charge in [-0.3, -0.25) is 9.79 Å². The van der Waals surface area contributed by atoms with Gasteiger partial charge in [0.05, 0.1) is 17.7 Å². The Morgan fingerprint density at radius 1 is 1.09 bits per heavy atom. The highest BCUT2D eigenvalue weighted by atomic mass is 16.1. The van der Waals surface area contributed by atoms with Crippen LogP contribution in [0.5, 0.6) is 0 Å². The van der Waals surface area contributed by atoms with Gasteiger partial charge >= 0.3 is 0 Å². The van der Waals surface area contributed by atoms with E-state index in [1.807, 2.05) is 42.5 Å². The smallest absolute Gasteiger partial charge is 0.230 e. The van der Waals surface area contributed by atoms with Crippen LogP contribution in [0.4, 0.5) is 5.69 Å². The lowest BCUT2D eigenvalue weighted by Gasteiger charge is -2.28. The number of para-hydroxylation sites is 1. The third-order valence-corrected chi connectivity index (χ3v) is 3.77. The molecular formula is C19H20N2O. The van der Waals surface area contributed by atoms with Gasteiger partial charge < -0.3 is 5.32 Å². The van der Waals surface area contributed by atoms with Crippen LogP contribution in [0.1, 0.15) is 31.4 Å². The Kier molecular flexibility index (Phi) is 3.80. The molecule has 3 heteroatoms. The van der Waals surface area contributed by atoms with Crippen LogP contribution in [-0.4, -0.2) is 17.2 Å². The number of nitrogens with zero attached hydrogens (tertiary/aromatic N) is 1. The van der Waals surface area contributed by atoms with Crippen molar-refractivity contribution in [2.75, 3.05) is 5.32 Å². The molecule has 0 aromatic heterocycles. The summed E-state index contributed by atoms with van der Waals surface area (Å²) in [7, 11) is 0. The van der Waals surface area contributed by atoms with Gasteiger partial charge in [-0.05, 0) is 43.5 Å². The minimum atomic E-state index is -0.156. The van der Waals surface area contributed by atoms with Crippen molar-refractivity contribution in [2.24, 2.45) is 4.99 Å². The van der Waals surface area contributed by atoms with Crippen LogP contribution in [0.2, 0.25) is 0 Å². The number of fused-ring (bicyclic) bond motifs is 1. The normalized spacial score (nSPS) is 15.6. The molecule has 0 saturated heterocycles. The van der Waals surface area contributed by atoms with Gasteiger partial charge in [-0.25, -0.2) is 0 Å². The number of nitrogens with one attached hydrogen (secondary N) is 1. The number of rotatable bonds is 3. The van der Waals surface area contributed by atoms with Crippen molar-refractivity contribution >= 4 is 17.3 Å². The minimum absolute atomic E-state index is 0.0301. The summed E-state index contributed by atoms with van der Waals surface area (Å²) in [6, 6.07) is 17.7. The van der Waals surface area contributed by atoms with Crippen molar-refractivity contribution in [1.29, 1.82) is 0 Å². The number of benzene rings is 2. The Balaban J connectivity index is 1.81. The van der Waals surface area contributed by atoms with E-state index in [9.17, 15) is 4.79 Å². The Morgan fingerprint density at radius 2 is 1.77 bits per heavy atom. The first kappa shape index (κ1) is 14.5. The van der Waals surface area contributed by atoms with Gasteiger partial charge in [-0.2, -0.15) is 0 Å². The average Bonchev–Trinajstić information content (AvgIpc) is 2.47. The van der Waals surface area contributed by atoms with Crippen molar-refractivity contribution in [2.45, 2.75) is 32.2 Å². The number of aliphatic imine (C=N–C) groups is 1. The summed E-state index contributed by atoms with van der Waals surface area (Å²) in [6.45, 7) is 4.22. The maximum atomic E-state index is 12.3. The van der Waals surface area contributed by atoms with E-state index in [1.54, 1.807) is 0 Å². The molecule has 0 saturated carbocycles. The van der Waals surface area contributed by atoms with E-state index in [4.69, 9.17) is 4.99 Å². The molecule has 1 amide bonds. The van der Waals surface area contributed by atoms with Crippen molar-refractivity contribution < 1.29 is 4.79 Å². The molecule has 112 valence electrons. The number of amides is 1. The zero-order valence-corrected chi connectivity index (χ0v) is 13.0. The summed E-state index contributed by atoms with van der Waals surface area (Å²) in [5.41, 5.74) is 3.91. The number of anilines is 1. The lowest BCUT2D eigenvalue weighted by molar-refractivity contribution is -0.115. The zero-order valence-electron chi connectivity index (χ0n) is 13.0. The fraction of sp³-hybridized carbons (Fsp3) is 0.263. The van der Waals surface area contributed by atoms with Gasteiger partial charge in [0.15, 0.2) is 0 Å². The van der Waals surface area contributed by atoms with E-state index in [0.717, 1.165) is 23.4 Å². The van der Waals surface area contributed by atoms with E-state index in [2.05, 4.69) is 31.3 Å². The molecule has 1 heterocycles. The number of hydrogen-bond acceptors (Lipinski definition) is 2. The van der Waals surface area contributed by atoms with Gasteiger partial charge in [-0.1, -0.05) is 42.5 Å². The topological polar surface area (TPSA) is 41.5 Å². The summed E-state index contributed by atoms with van der Waals surface area (Å²) in [4.78, 5) is 17.1. The number of carbonyl (C=O) groups excluding carboxylic acids is 1. The fourth-order valence-electron chi connectivity index (χ4n) is 2.90. The molecule has 0 atom stereocenters. The molecule has 3 rings (SSSR count). The van der Waals surface area contributed by atoms with E-state index in [0.29, 0.717) is 6.42 Å². The number of carbonyl (C=O) groups is 1. The van der Waals surface area contributed by atoms with Crippen LogP contribution in [0.25, 0.3) is 0 Å². The maximum absolute atomic E-state index is 12.3. The van der Waals surface area contributed by atoms with Crippen LogP contribution < -0.4 is 5.32 Å². The Labute approximate surface area is 131 Å². The second-order valence-corrected chi connectivity index (χ2v) is 6.30. The van der Waals surface area contributed by atoms with Gasteiger partial charge in [0, 0.05) is 5.69 Å². The molecule has 2 aromatic carbocycles. The summed E-state index contributed by atoms with van der Waals surface area (Å²) in [5, 5.41) is 2.93. The predicted molar refractivity (Wildman–Crippen MR) is 90.5 cm³/mol. The molecule has 0 unspecified atom stereocenters. The molecule has 2 aromatic rings. The molecule has 0 aliphatic carbocycles. The van der Waals surface area contributed by atoms with Gasteiger partial charge in [0.2, 0.25) is 5.91 Å². The molecule has 1 aliphatic heterocycles. The Bertz CT molecular complexity index is 717. The van der Waals surface area contributed by atoms with Crippen molar-refractivity contribution in [3.63, 3.8) is 0 Å². The zero-order chi connectivity index (χ0) is 15.6. The van der Waals surface area contributed by atoms with Crippen LogP contribution >= 0.6 is 0 Å². The van der Waals surface area contributed by atoms with E-state index in [1.165, 1.54) is 5.56 Å². The molecule has 22 heavy (non-hydrogen) atoms. The summed E-state index contributed by atoms with van der Waals surface area (Å²) in [6.07, 6.45) is 1.21. The molecule has 0 bridgehead atoms. The summed E-state index contributed by atoms with van der Waals surface area (Å²) < 4.78 is 0. The lowest BCUT2D eigenvalue weighted by Crippen LogP contribution is -2.30.